The molecule has 642 valence electrons. The SMILES string of the molecule is CCCCCCCCCCCCCCCCCCCCC(=O)OC[C@H](COP(=O)(O)OC[C@@H](O)COP(=O)(O)OC[C@@H](COC(=O)CCCCCCCCCCCCCC)OC(=O)CCCCCCCCCCCCCCCCC(C)C)OC(=O)CCCCCCCCCCCCCCCCCCCCC(C)C. The van der Waals surface area contributed by atoms with E-state index >= 15 is 0 Å². The number of aliphatic hydroxyl groups excluding tert-OH is 1. The lowest BCUT2D eigenvalue weighted by Crippen LogP contribution is -2.30. The fourth-order valence-electron chi connectivity index (χ4n) is 14.0. The molecule has 0 saturated heterocycles. The molecule has 0 aromatic heterocycles. The lowest BCUT2D eigenvalue weighted by atomic mass is 10.0. The summed E-state index contributed by atoms with van der Waals surface area (Å²) in [6.07, 6.45) is 73.5. The smallest absolute Gasteiger partial charge is 0.462 e. The van der Waals surface area contributed by atoms with E-state index in [9.17, 15) is 43.2 Å². The molecule has 5 atom stereocenters. The number of rotatable bonds is 88. The third-order valence-corrected chi connectivity index (χ3v) is 22.9. The van der Waals surface area contributed by atoms with E-state index in [2.05, 4.69) is 41.5 Å². The summed E-state index contributed by atoms with van der Waals surface area (Å²) in [7, 11) is -9.93. The molecule has 19 heteroatoms. The molecule has 0 fully saturated rings. The van der Waals surface area contributed by atoms with Gasteiger partial charge in [-0.3, -0.25) is 37.3 Å². The van der Waals surface area contributed by atoms with Crippen molar-refractivity contribution < 1.29 is 80.2 Å². The monoisotopic (exact) mass is 1580 g/mol. The molecule has 0 amide bonds. The van der Waals surface area contributed by atoms with Crippen LogP contribution < -0.4 is 0 Å². The molecule has 0 aliphatic heterocycles. The van der Waals surface area contributed by atoms with Gasteiger partial charge in [-0.05, 0) is 37.5 Å². The van der Waals surface area contributed by atoms with Crippen LogP contribution in [0.4, 0.5) is 0 Å². The van der Waals surface area contributed by atoms with Crippen LogP contribution in [-0.2, 0) is 65.4 Å². The molecule has 17 nitrogen and oxygen atoms in total. The van der Waals surface area contributed by atoms with Crippen LogP contribution in [0.3, 0.4) is 0 Å². The second kappa shape index (κ2) is 80.3. The predicted octanol–water partition coefficient (Wildman–Crippen LogP) is 27.4. The van der Waals surface area contributed by atoms with Crippen LogP contribution in [0.25, 0.3) is 0 Å². The first-order chi connectivity index (χ1) is 52.4. The van der Waals surface area contributed by atoms with E-state index in [0.717, 1.165) is 102 Å². The molecular weight excluding hydrogens is 1400 g/mol. The number of carbonyl (C=O) groups excluding carboxylic acids is 4. The lowest BCUT2D eigenvalue weighted by molar-refractivity contribution is -0.161. The van der Waals surface area contributed by atoms with Crippen LogP contribution in [-0.4, -0.2) is 96.7 Å². The van der Waals surface area contributed by atoms with Gasteiger partial charge in [-0.15, -0.1) is 0 Å². The van der Waals surface area contributed by atoms with Gasteiger partial charge in [0.2, 0.25) is 0 Å². The van der Waals surface area contributed by atoms with Crippen molar-refractivity contribution in [2.45, 2.75) is 496 Å². The van der Waals surface area contributed by atoms with Crippen molar-refractivity contribution in [1.29, 1.82) is 0 Å². The van der Waals surface area contributed by atoms with Crippen LogP contribution in [0.2, 0.25) is 0 Å². The summed E-state index contributed by atoms with van der Waals surface area (Å²) in [6.45, 7) is 9.75. The van der Waals surface area contributed by atoms with Crippen LogP contribution >= 0.6 is 15.6 Å². The van der Waals surface area contributed by atoms with Crippen LogP contribution in [0, 0.1) is 11.8 Å². The number of phosphoric ester groups is 2. The Morgan fingerprint density at radius 3 is 0.630 bits per heavy atom. The first-order valence-electron chi connectivity index (χ1n) is 46.0. The molecule has 0 radical (unpaired) electrons. The zero-order chi connectivity index (χ0) is 79.2. The van der Waals surface area contributed by atoms with Crippen molar-refractivity contribution in [3.05, 3.63) is 0 Å². The molecule has 2 unspecified atom stereocenters. The summed E-state index contributed by atoms with van der Waals surface area (Å²) in [5, 5.41) is 10.7. The van der Waals surface area contributed by atoms with E-state index in [4.69, 9.17) is 37.0 Å². The summed E-state index contributed by atoms with van der Waals surface area (Å²) in [4.78, 5) is 73.4. The summed E-state index contributed by atoms with van der Waals surface area (Å²) in [5.74, 6) is -0.480. The Bertz CT molecular complexity index is 2060. The Balaban J connectivity index is 5.25. The summed E-state index contributed by atoms with van der Waals surface area (Å²) in [6, 6.07) is 0. The van der Waals surface area contributed by atoms with Crippen molar-refractivity contribution in [2.75, 3.05) is 39.6 Å². The van der Waals surface area contributed by atoms with E-state index in [1.54, 1.807) is 0 Å². The van der Waals surface area contributed by atoms with Gasteiger partial charge in [-0.25, -0.2) is 9.13 Å². The highest BCUT2D eigenvalue weighted by Gasteiger charge is 2.31. The Kier molecular flexibility index (Phi) is 78.8. The van der Waals surface area contributed by atoms with Gasteiger partial charge in [0.1, 0.15) is 19.3 Å². The molecule has 3 N–H and O–H groups in total. The van der Waals surface area contributed by atoms with Gasteiger partial charge in [-0.1, -0.05) is 427 Å². The van der Waals surface area contributed by atoms with Gasteiger partial charge in [0, 0.05) is 25.7 Å². The summed E-state index contributed by atoms with van der Waals surface area (Å²) in [5.41, 5.74) is 0. The molecule has 0 aliphatic carbocycles. The maximum atomic E-state index is 13.2. The molecule has 108 heavy (non-hydrogen) atoms. The highest BCUT2D eigenvalue weighted by atomic mass is 31.2. The summed E-state index contributed by atoms with van der Waals surface area (Å²) >= 11 is 0. The quantitative estimate of drug-likeness (QED) is 0.0222. The first kappa shape index (κ1) is 106. The van der Waals surface area contributed by atoms with Crippen LogP contribution in [0.1, 0.15) is 478 Å². The van der Waals surface area contributed by atoms with Gasteiger partial charge in [-0.2, -0.15) is 0 Å². The Morgan fingerprint density at radius 2 is 0.426 bits per heavy atom. The Labute approximate surface area is 664 Å². The first-order valence-corrected chi connectivity index (χ1v) is 49.0. The number of carbonyl (C=O) groups is 4. The maximum absolute atomic E-state index is 13.2. The van der Waals surface area contributed by atoms with Crippen molar-refractivity contribution >= 4 is 39.5 Å². The molecule has 0 heterocycles. The fourth-order valence-corrected chi connectivity index (χ4v) is 15.5. The van der Waals surface area contributed by atoms with Gasteiger partial charge >= 0.3 is 39.5 Å². The van der Waals surface area contributed by atoms with Crippen LogP contribution in [0.5, 0.6) is 0 Å². The van der Waals surface area contributed by atoms with E-state index in [-0.39, 0.29) is 25.7 Å². The molecule has 0 aromatic carbocycles. The van der Waals surface area contributed by atoms with E-state index in [1.165, 1.54) is 295 Å². The number of hydrogen-bond donors (Lipinski definition) is 3. The van der Waals surface area contributed by atoms with Gasteiger partial charge in [0.15, 0.2) is 12.2 Å². The fraction of sp³-hybridized carbons (Fsp3) is 0.955. The molecule has 0 rings (SSSR count). The summed E-state index contributed by atoms with van der Waals surface area (Å²) < 4.78 is 69.0. The predicted molar refractivity (Wildman–Crippen MR) is 446 cm³/mol. The highest BCUT2D eigenvalue weighted by Crippen LogP contribution is 2.45. The number of ether oxygens (including phenoxy) is 4. The number of unbranched alkanes of at least 4 members (excludes halogenated alkanes) is 58. The van der Waals surface area contributed by atoms with Crippen molar-refractivity contribution in [2.24, 2.45) is 11.8 Å². The van der Waals surface area contributed by atoms with Gasteiger partial charge in [0.25, 0.3) is 0 Å². The van der Waals surface area contributed by atoms with Crippen molar-refractivity contribution in [3.8, 4) is 0 Å². The number of phosphoric acid groups is 2. The van der Waals surface area contributed by atoms with Crippen LogP contribution in [0.15, 0.2) is 0 Å². The minimum atomic E-state index is -4.97. The molecule has 0 bridgehead atoms. The number of hydrogen-bond acceptors (Lipinski definition) is 15. The number of aliphatic hydroxyl groups is 1. The zero-order valence-electron chi connectivity index (χ0n) is 71.2. The minimum absolute atomic E-state index is 0.108. The van der Waals surface area contributed by atoms with E-state index < -0.39 is 97.5 Å². The molecular formula is C89H174O17P2. The molecule has 0 saturated carbocycles. The second-order valence-corrected chi connectivity index (χ2v) is 35.8. The Morgan fingerprint density at radius 1 is 0.250 bits per heavy atom. The largest absolute Gasteiger partial charge is 0.472 e. The minimum Gasteiger partial charge on any atom is -0.462 e. The van der Waals surface area contributed by atoms with Gasteiger partial charge < -0.3 is 33.8 Å². The maximum Gasteiger partial charge on any atom is 0.472 e. The van der Waals surface area contributed by atoms with Gasteiger partial charge in [0.05, 0.1) is 26.4 Å². The van der Waals surface area contributed by atoms with E-state index in [0.29, 0.717) is 25.7 Å². The third-order valence-electron chi connectivity index (χ3n) is 21.0. The average Bonchev–Trinajstić information content (AvgIpc) is 0.928. The van der Waals surface area contributed by atoms with E-state index in [1.807, 2.05) is 0 Å². The number of esters is 4. The van der Waals surface area contributed by atoms with Crippen molar-refractivity contribution in [3.63, 3.8) is 0 Å². The third kappa shape index (κ3) is 82.1. The standard InChI is InChI=1S/C89H174O17P2/c1-7-9-11-13-15-17-19-21-22-23-27-30-36-42-48-54-60-66-72-87(92)100-78-85(106-88(93)73-67-61-55-49-43-37-31-28-25-24-26-29-34-39-45-51-57-63-69-81(3)4)80-104-108(97,98)102-76-83(90)75-101-107(95,96)103-79-84(77-99-86(91)71-65-59-53-47-41-20-18-16-14-12-10-8-2)105-89(94)74-68-62-56-50-44-38-33-32-35-40-46-52-58-64-70-82(5)6/h81-85,90H,7-80H2,1-6H3,(H,95,96)(H,97,98)/t83-,84+,85+/m0/s1. The molecule has 0 aliphatic rings. The average molecular weight is 1580 g/mol. The zero-order valence-corrected chi connectivity index (χ0v) is 73.0. The second-order valence-electron chi connectivity index (χ2n) is 32.9. The topological polar surface area (TPSA) is 237 Å². The van der Waals surface area contributed by atoms with Crippen molar-refractivity contribution in [1.82, 2.24) is 0 Å². The lowest BCUT2D eigenvalue weighted by Gasteiger charge is -2.21. The normalized spacial score (nSPS) is 13.8. The Hall–Kier alpha value is -1.94. The highest BCUT2D eigenvalue weighted by molar-refractivity contribution is 7.47. The molecule has 0 aromatic rings. The molecule has 0 spiro atoms.